The summed E-state index contributed by atoms with van der Waals surface area (Å²) in [4.78, 5) is 0. The largest absolute Gasteiger partial charge is 0.317 e. The molecule has 0 aliphatic heterocycles. The third-order valence-corrected chi connectivity index (χ3v) is 4.14. The lowest BCUT2D eigenvalue weighted by molar-refractivity contribution is 0.381. The minimum Gasteiger partial charge on any atom is -0.317 e. The Hall–Kier alpha value is -0.0400. The van der Waals surface area contributed by atoms with E-state index in [0.717, 1.165) is 24.3 Å². The summed E-state index contributed by atoms with van der Waals surface area (Å²) in [5, 5.41) is 3.49. The van der Waals surface area contributed by atoms with Crippen LogP contribution in [0.1, 0.15) is 51.9 Å². The van der Waals surface area contributed by atoms with Gasteiger partial charge < -0.3 is 5.32 Å². The average Bonchev–Trinajstić information content (AvgIpc) is 2.98. The van der Waals surface area contributed by atoms with Crippen LogP contribution in [0.2, 0.25) is 0 Å². The highest BCUT2D eigenvalue weighted by atomic mass is 14.9. The van der Waals surface area contributed by atoms with Crippen molar-refractivity contribution in [2.24, 2.45) is 17.8 Å². The third kappa shape index (κ3) is 2.73. The van der Waals surface area contributed by atoms with Crippen LogP contribution in [0.4, 0.5) is 0 Å². The third-order valence-electron chi connectivity index (χ3n) is 4.14. The fourth-order valence-electron chi connectivity index (χ4n) is 3.15. The van der Waals surface area contributed by atoms with Gasteiger partial charge in [0, 0.05) is 0 Å². The molecule has 0 saturated heterocycles. The molecular formula is C13H25N. The predicted molar refractivity (Wildman–Crippen MR) is 61.3 cm³/mol. The first-order valence-electron chi connectivity index (χ1n) is 6.62. The van der Waals surface area contributed by atoms with Gasteiger partial charge in [0.05, 0.1) is 0 Å². The van der Waals surface area contributed by atoms with E-state index >= 15 is 0 Å². The summed E-state index contributed by atoms with van der Waals surface area (Å²) in [7, 11) is 0. The van der Waals surface area contributed by atoms with Crippen molar-refractivity contribution in [2.45, 2.75) is 51.9 Å². The zero-order valence-corrected chi connectivity index (χ0v) is 9.60. The highest BCUT2D eigenvalue weighted by Crippen LogP contribution is 2.48. The molecule has 2 aliphatic carbocycles. The maximum atomic E-state index is 3.49. The van der Waals surface area contributed by atoms with Gasteiger partial charge in [0.1, 0.15) is 0 Å². The van der Waals surface area contributed by atoms with Crippen LogP contribution in [0.3, 0.4) is 0 Å². The Bertz CT molecular complexity index is 159. The van der Waals surface area contributed by atoms with Crippen molar-refractivity contribution < 1.29 is 0 Å². The Balaban J connectivity index is 1.69. The molecule has 1 heteroatoms. The molecule has 82 valence electrons. The van der Waals surface area contributed by atoms with E-state index in [1.54, 1.807) is 0 Å². The molecule has 0 spiro atoms. The summed E-state index contributed by atoms with van der Waals surface area (Å²) in [6.45, 7) is 4.65. The molecule has 0 amide bonds. The molecule has 14 heavy (non-hydrogen) atoms. The molecule has 0 bridgehead atoms. The molecule has 0 radical (unpaired) electrons. The van der Waals surface area contributed by atoms with E-state index in [9.17, 15) is 0 Å². The van der Waals surface area contributed by atoms with Crippen molar-refractivity contribution in [1.29, 1.82) is 0 Å². The molecule has 0 aromatic heterocycles. The van der Waals surface area contributed by atoms with Crippen molar-refractivity contribution in [2.75, 3.05) is 13.1 Å². The fraction of sp³-hybridized carbons (Fsp3) is 1.00. The molecule has 2 aliphatic rings. The zero-order chi connectivity index (χ0) is 9.80. The van der Waals surface area contributed by atoms with Gasteiger partial charge in [-0.15, -0.1) is 0 Å². The van der Waals surface area contributed by atoms with Crippen LogP contribution in [0.25, 0.3) is 0 Å². The van der Waals surface area contributed by atoms with E-state index < -0.39 is 0 Å². The second-order valence-electron chi connectivity index (χ2n) is 5.22. The topological polar surface area (TPSA) is 12.0 Å². The Morgan fingerprint density at radius 2 is 1.79 bits per heavy atom. The molecule has 0 heterocycles. The van der Waals surface area contributed by atoms with Crippen LogP contribution in [-0.2, 0) is 0 Å². The summed E-state index contributed by atoms with van der Waals surface area (Å²) < 4.78 is 0. The lowest BCUT2D eigenvalue weighted by Gasteiger charge is -2.13. The highest BCUT2D eigenvalue weighted by molar-refractivity contribution is 4.92. The van der Waals surface area contributed by atoms with E-state index in [0.29, 0.717) is 0 Å². The fourth-order valence-corrected chi connectivity index (χ4v) is 3.15. The van der Waals surface area contributed by atoms with Gasteiger partial charge in [-0.2, -0.15) is 0 Å². The van der Waals surface area contributed by atoms with Gasteiger partial charge in [0.15, 0.2) is 0 Å². The summed E-state index contributed by atoms with van der Waals surface area (Å²) in [5.41, 5.74) is 0. The smallest absolute Gasteiger partial charge is 0.00178 e. The predicted octanol–water partition coefficient (Wildman–Crippen LogP) is 3.20. The molecule has 2 fully saturated rings. The maximum absolute atomic E-state index is 3.49. The molecule has 2 atom stereocenters. The lowest BCUT2D eigenvalue weighted by Crippen LogP contribution is -2.17. The van der Waals surface area contributed by atoms with Crippen LogP contribution in [0.5, 0.6) is 0 Å². The van der Waals surface area contributed by atoms with Crippen LogP contribution in [0, 0.1) is 17.8 Å². The normalized spacial score (nSPS) is 34.1. The number of rotatable bonds is 4. The van der Waals surface area contributed by atoms with Gasteiger partial charge in [-0.05, 0) is 37.3 Å². The molecule has 2 rings (SSSR count). The van der Waals surface area contributed by atoms with Crippen molar-refractivity contribution in [3.8, 4) is 0 Å². The first-order valence-corrected chi connectivity index (χ1v) is 6.62. The first-order chi connectivity index (χ1) is 6.92. The first kappa shape index (κ1) is 10.5. The molecule has 1 nitrogen and oxygen atoms in total. The Morgan fingerprint density at radius 3 is 2.43 bits per heavy atom. The zero-order valence-electron chi connectivity index (χ0n) is 9.60. The SMILES string of the molecule is CCNCC1CC1C1CCCCCC1. The van der Waals surface area contributed by atoms with E-state index in [1.807, 2.05) is 0 Å². The van der Waals surface area contributed by atoms with Crippen LogP contribution in [0.15, 0.2) is 0 Å². The number of nitrogens with one attached hydrogen (secondary N) is 1. The molecule has 0 aromatic carbocycles. The van der Waals surface area contributed by atoms with Crippen molar-refractivity contribution in [3.05, 3.63) is 0 Å². The van der Waals surface area contributed by atoms with Gasteiger partial charge in [0.25, 0.3) is 0 Å². The van der Waals surface area contributed by atoms with Gasteiger partial charge in [-0.3, -0.25) is 0 Å². The monoisotopic (exact) mass is 195 g/mol. The van der Waals surface area contributed by atoms with Crippen LogP contribution in [-0.4, -0.2) is 13.1 Å². The maximum Gasteiger partial charge on any atom is -0.00178 e. The number of hydrogen-bond acceptors (Lipinski definition) is 1. The molecule has 2 unspecified atom stereocenters. The lowest BCUT2D eigenvalue weighted by atomic mass is 9.94. The highest BCUT2D eigenvalue weighted by Gasteiger charge is 2.41. The summed E-state index contributed by atoms with van der Waals surface area (Å²) in [6.07, 6.45) is 10.6. The van der Waals surface area contributed by atoms with Crippen molar-refractivity contribution >= 4 is 0 Å². The van der Waals surface area contributed by atoms with Gasteiger partial charge in [-0.25, -0.2) is 0 Å². The Labute approximate surface area is 88.7 Å². The Kier molecular flexibility index (Phi) is 3.86. The van der Waals surface area contributed by atoms with E-state index in [1.165, 1.54) is 51.5 Å². The Morgan fingerprint density at radius 1 is 1.07 bits per heavy atom. The van der Waals surface area contributed by atoms with E-state index in [2.05, 4.69) is 12.2 Å². The average molecular weight is 195 g/mol. The minimum atomic E-state index is 1.04. The second-order valence-corrected chi connectivity index (χ2v) is 5.22. The molecule has 1 N–H and O–H groups in total. The summed E-state index contributed by atoms with van der Waals surface area (Å²) in [5.74, 6) is 3.24. The van der Waals surface area contributed by atoms with Crippen molar-refractivity contribution in [1.82, 2.24) is 5.32 Å². The van der Waals surface area contributed by atoms with Gasteiger partial charge in [-0.1, -0.05) is 45.4 Å². The van der Waals surface area contributed by atoms with Crippen LogP contribution >= 0.6 is 0 Å². The molecule has 2 saturated carbocycles. The van der Waals surface area contributed by atoms with Crippen LogP contribution < -0.4 is 5.32 Å². The molecular weight excluding hydrogens is 170 g/mol. The summed E-state index contributed by atoms with van der Waals surface area (Å²) >= 11 is 0. The van der Waals surface area contributed by atoms with Gasteiger partial charge in [0.2, 0.25) is 0 Å². The second kappa shape index (κ2) is 5.16. The quantitative estimate of drug-likeness (QED) is 0.679. The molecule has 0 aromatic rings. The summed E-state index contributed by atoms with van der Waals surface area (Å²) in [6, 6.07) is 0. The van der Waals surface area contributed by atoms with Crippen molar-refractivity contribution in [3.63, 3.8) is 0 Å². The number of hydrogen-bond donors (Lipinski definition) is 1. The van der Waals surface area contributed by atoms with Gasteiger partial charge >= 0.3 is 0 Å². The standard InChI is InChI=1S/C13H25N/c1-2-14-10-12-9-13(12)11-7-5-3-4-6-8-11/h11-14H,2-10H2,1H3. The van der Waals surface area contributed by atoms with E-state index in [-0.39, 0.29) is 0 Å². The minimum absolute atomic E-state index is 1.04. The van der Waals surface area contributed by atoms with E-state index in [4.69, 9.17) is 0 Å².